The van der Waals surface area contributed by atoms with Crippen LogP contribution in [0.15, 0.2) is 30.6 Å². The van der Waals surface area contributed by atoms with Crippen molar-refractivity contribution in [3.05, 3.63) is 35.9 Å². The second kappa shape index (κ2) is 3.67. The van der Waals surface area contributed by atoms with Gasteiger partial charge in [-0.15, -0.1) is 5.10 Å². The van der Waals surface area contributed by atoms with Crippen molar-refractivity contribution in [1.82, 2.24) is 14.8 Å². The van der Waals surface area contributed by atoms with Gasteiger partial charge in [-0.25, -0.2) is 9.67 Å². The molecule has 1 heterocycles. The van der Waals surface area contributed by atoms with Crippen LogP contribution < -0.4 is 4.74 Å². The van der Waals surface area contributed by atoms with E-state index in [0.717, 1.165) is 11.4 Å². The average Bonchev–Trinajstić information content (AvgIpc) is 2.65. The van der Waals surface area contributed by atoms with Crippen molar-refractivity contribution in [1.29, 1.82) is 0 Å². The van der Waals surface area contributed by atoms with E-state index >= 15 is 0 Å². The van der Waals surface area contributed by atoms with Gasteiger partial charge in [-0.05, 0) is 23.7 Å². The number of halogens is 1. The Bertz CT molecular complexity index is 441. The van der Waals surface area contributed by atoms with Gasteiger partial charge in [-0.1, -0.05) is 12.1 Å². The van der Waals surface area contributed by atoms with Crippen LogP contribution in [0.5, 0.6) is 5.75 Å². The number of para-hydroxylation sites is 2. The molecule has 2 rings (SSSR count). The molecule has 0 saturated carbocycles. The molecule has 1 aromatic carbocycles. The molecule has 0 aliphatic heterocycles. The third-order valence-electron chi connectivity index (χ3n) is 1.80. The van der Waals surface area contributed by atoms with Crippen molar-refractivity contribution in [2.45, 2.75) is 0 Å². The molecule has 0 amide bonds. The van der Waals surface area contributed by atoms with E-state index in [4.69, 9.17) is 16.3 Å². The summed E-state index contributed by atoms with van der Waals surface area (Å²) in [6.07, 6.45) is 1.54. The number of benzene rings is 1. The first-order chi connectivity index (χ1) is 6.81. The molecular formula is C9H8ClN3O. The quantitative estimate of drug-likeness (QED) is 0.759. The van der Waals surface area contributed by atoms with Crippen LogP contribution in [-0.2, 0) is 0 Å². The molecule has 72 valence electrons. The van der Waals surface area contributed by atoms with Crippen molar-refractivity contribution in [3.63, 3.8) is 0 Å². The zero-order chi connectivity index (χ0) is 9.97. The molecule has 0 aliphatic rings. The van der Waals surface area contributed by atoms with E-state index < -0.39 is 0 Å². The van der Waals surface area contributed by atoms with Gasteiger partial charge in [-0.3, -0.25) is 0 Å². The van der Waals surface area contributed by atoms with Gasteiger partial charge in [0, 0.05) is 0 Å². The number of rotatable bonds is 2. The minimum Gasteiger partial charge on any atom is -0.494 e. The molecular weight excluding hydrogens is 202 g/mol. The Morgan fingerprint density at radius 3 is 2.79 bits per heavy atom. The number of ether oxygens (including phenoxy) is 1. The van der Waals surface area contributed by atoms with Crippen LogP contribution in [0.3, 0.4) is 0 Å². The third-order valence-corrected chi connectivity index (χ3v) is 1.97. The topological polar surface area (TPSA) is 39.9 Å². The smallest absolute Gasteiger partial charge is 0.242 e. The zero-order valence-electron chi connectivity index (χ0n) is 7.51. The van der Waals surface area contributed by atoms with Gasteiger partial charge in [-0.2, -0.15) is 0 Å². The fourth-order valence-electron chi connectivity index (χ4n) is 1.18. The fourth-order valence-corrected chi connectivity index (χ4v) is 1.30. The molecule has 0 atom stereocenters. The molecule has 1 aromatic heterocycles. The Morgan fingerprint density at radius 1 is 1.36 bits per heavy atom. The molecule has 0 unspecified atom stereocenters. The van der Waals surface area contributed by atoms with Crippen molar-refractivity contribution >= 4 is 11.6 Å². The molecule has 4 nitrogen and oxygen atoms in total. The SMILES string of the molecule is COc1ccccc1-n1cnc(Cl)n1. The van der Waals surface area contributed by atoms with Gasteiger partial charge in [0.2, 0.25) is 5.28 Å². The molecule has 2 aromatic rings. The molecule has 0 aliphatic carbocycles. The Hall–Kier alpha value is -1.55. The predicted octanol–water partition coefficient (Wildman–Crippen LogP) is 1.93. The standard InChI is InChI=1S/C9H8ClN3O/c1-14-8-5-3-2-4-7(8)13-6-11-9(10)12-13/h2-6H,1H3. The minimum absolute atomic E-state index is 0.218. The largest absolute Gasteiger partial charge is 0.494 e. The summed E-state index contributed by atoms with van der Waals surface area (Å²) < 4.78 is 6.75. The summed E-state index contributed by atoms with van der Waals surface area (Å²) in [6.45, 7) is 0. The Kier molecular flexibility index (Phi) is 2.37. The first kappa shape index (κ1) is 9.02. The maximum Gasteiger partial charge on any atom is 0.242 e. The van der Waals surface area contributed by atoms with Crippen molar-refractivity contribution in [2.24, 2.45) is 0 Å². The van der Waals surface area contributed by atoms with E-state index in [-0.39, 0.29) is 5.28 Å². The highest BCUT2D eigenvalue weighted by Crippen LogP contribution is 2.21. The maximum absolute atomic E-state index is 5.62. The number of methoxy groups -OCH3 is 1. The lowest BCUT2D eigenvalue weighted by Gasteiger charge is -2.06. The highest BCUT2D eigenvalue weighted by Gasteiger charge is 2.05. The summed E-state index contributed by atoms with van der Waals surface area (Å²) in [4.78, 5) is 3.83. The fraction of sp³-hybridized carbons (Fsp3) is 0.111. The number of hydrogen-bond acceptors (Lipinski definition) is 3. The molecule has 0 bridgehead atoms. The molecule has 14 heavy (non-hydrogen) atoms. The lowest BCUT2D eigenvalue weighted by molar-refractivity contribution is 0.411. The summed E-state index contributed by atoms with van der Waals surface area (Å²) in [5, 5.41) is 4.20. The maximum atomic E-state index is 5.62. The zero-order valence-corrected chi connectivity index (χ0v) is 8.27. The van der Waals surface area contributed by atoms with Crippen LogP contribution in [0.2, 0.25) is 5.28 Å². The highest BCUT2D eigenvalue weighted by molar-refractivity contribution is 6.28. The Labute approximate surface area is 86.1 Å². The molecule has 0 radical (unpaired) electrons. The van der Waals surface area contributed by atoms with Gasteiger partial charge < -0.3 is 4.74 Å². The van der Waals surface area contributed by atoms with Crippen LogP contribution >= 0.6 is 11.6 Å². The number of hydrogen-bond donors (Lipinski definition) is 0. The van der Waals surface area contributed by atoms with Crippen LogP contribution in [0.1, 0.15) is 0 Å². The van der Waals surface area contributed by atoms with E-state index in [2.05, 4.69) is 10.1 Å². The normalized spacial score (nSPS) is 10.1. The van der Waals surface area contributed by atoms with Crippen molar-refractivity contribution in [2.75, 3.05) is 7.11 Å². The van der Waals surface area contributed by atoms with E-state index in [1.54, 1.807) is 18.1 Å². The summed E-state index contributed by atoms with van der Waals surface area (Å²) in [7, 11) is 1.61. The summed E-state index contributed by atoms with van der Waals surface area (Å²) >= 11 is 5.62. The van der Waals surface area contributed by atoms with Gasteiger partial charge >= 0.3 is 0 Å². The molecule has 5 heteroatoms. The second-order valence-electron chi connectivity index (χ2n) is 2.63. The van der Waals surface area contributed by atoms with Crippen molar-refractivity contribution in [3.8, 4) is 11.4 Å². The minimum atomic E-state index is 0.218. The number of aromatic nitrogens is 3. The van der Waals surface area contributed by atoms with Crippen LogP contribution in [0, 0.1) is 0 Å². The van der Waals surface area contributed by atoms with Crippen LogP contribution in [-0.4, -0.2) is 21.9 Å². The highest BCUT2D eigenvalue weighted by atomic mass is 35.5. The second-order valence-corrected chi connectivity index (χ2v) is 2.97. The van der Waals surface area contributed by atoms with Gasteiger partial charge in [0.1, 0.15) is 17.8 Å². The predicted molar refractivity (Wildman–Crippen MR) is 52.9 cm³/mol. The summed E-state index contributed by atoms with van der Waals surface area (Å²) in [5.41, 5.74) is 0.814. The monoisotopic (exact) mass is 209 g/mol. The lowest BCUT2D eigenvalue weighted by atomic mass is 10.3. The summed E-state index contributed by atoms with van der Waals surface area (Å²) in [6, 6.07) is 7.52. The first-order valence-electron chi connectivity index (χ1n) is 4.02. The lowest BCUT2D eigenvalue weighted by Crippen LogP contribution is -1.97. The van der Waals surface area contributed by atoms with Gasteiger partial charge in [0.25, 0.3) is 0 Å². The summed E-state index contributed by atoms with van der Waals surface area (Å²) in [5.74, 6) is 0.731. The van der Waals surface area contributed by atoms with Crippen LogP contribution in [0.25, 0.3) is 5.69 Å². The van der Waals surface area contributed by atoms with E-state index in [1.807, 2.05) is 24.3 Å². The average molecular weight is 210 g/mol. The first-order valence-corrected chi connectivity index (χ1v) is 4.39. The van der Waals surface area contributed by atoms with E-state index in [1.165, 1.54) is 0 Å². The van der Waals surface area contributed by atoms with E-state index in [0.29, 0.717) is 0 Å². The molecule has 0 N–H and O–H groups in total. The molecule has 0 spiro atoms. The number of nitrogens with zero attached hydrogens (tertiary/aromatic N) is 3. The van der Waals surface area contributed by atoms with Gasteiger partial charge in [0.05, 0.1) is 7.11 Å². The van der Waals surface area contributed by atoms with Crippen LogP contribution in [0.4, 0.5) is 0 Å². The molecule has 0 saturated heterocycles. The third kappa shape index (κ3) is 1.56. The van der Waals surface area contributed by atoms with E-state index in [9.17, 15) is 0 Å². The Morgan fingerprint density at radius 2 is 2.14 bits per heavy atom. The Balaban J connectivity index is 2.50. The molecule has 0 fully saturated rings. The van der Waals surface area contributed by atoms with Crippen molar-refractivity contribution < 1.29 is 4.74 Å². The van der Waals surface area contributed by atoms with Gasteiger partial charge in [0.15, 0.2) is 0 Å².